The summed E-state index contributed by atoms with van der Waals surface area (Å²) in [6.45, 7) is 0. The van der Waals surface area contributed by atoms with E-state index in [2.05, 4.69) is 38.1 Å². The lowest BCUT2D eigenvalue weighted by molar-refractivity contribution is -0.133. The van der Waals surface area contributed by atoms with Crippen LogP contribution in [0.4, 0.5) is 5.13 Å². The summed E-state index contributed by atoms with van der Waals surface area (Å²) >= 11 is 4.34. The van der Waals surface area contributed by atoms with E-state index in [4.69, 9.17) is 5.11 Å². The van der Waals surface area contributed by atoms with E-state index in [9.17, 15) is 9.59 Å². The van der Waals surface area contributed by atoms with Gasteiger partial charge < -0.3 is 5.11 Å². The Bertz CT molecular complexity index is 647. The van der Waals surface area contributed by atoms with E-state index in [1.807, 2.05) is 6.07 Å². The number of aliphatic carboxylic acids is 1. The van der Waals surface area contributed by atoms with Crippen molar-refractivity contribution in [1.29, 1.82) is 0 Å². The third kappa shape index (κ3) is 4.42. The van der Waals surface area contributed by atoms with Gasteiger partial charge in [-0.2, -0.15) is 0 Å². The second-order valence-electron chi connectivity index (χ2n) is 3.52. The summed E-state index contributed by atoms with van der Waals surface area (Å²) in [6, 6.07) is 7.16. The average Bonchev–Trinajstić information content (AvgIpc) is 2.84. The summed E-state index contributed by atoms with van der Waals surface area (Å²) in [5, 5.41) is 19.2. The van der Waals surface area contributed by atoms with Gasteiger partial charge in [-0.25, -0.2) is 0 Å². The highest BCUT2D eigenvalue weighted by Gasteiger charge is 2.11. The molecule has 1 amide bonds. The SMILES string of the molecule is O=C(O)CSc1nnc(NC(=O)c2cccc(I)c2)s1. The van der Waals surface area contributed by atoms with Crippen molar-refractivity contribution in [2.45, 2.75) is 4.34 Å². The standard InChI is InChI=1S/C11H8IN3O3S2/c12-7-3-1-2-6(4-7)9(18)13-10-14-15-11(20-10)19-5-8(16)17/h1-4H,5H2,(H,16,17)(H,13,14,18). The van der Waals surface area contributed by atoms with E-state index >= 15 is 0 Å². The van der Waals surface area contributed by atoms with Gasteiger partial charge in [-0.3, -0.25) is 14.9 Å². The number of halogens is 1. The van der Waals surface area contributed by atoms with Crippen LogP contribution in [0, 0.1) is 3.57 Å². The molecule has 0 saturated heterocycles. The molecule has 0 radical (unpaired) electrons. The van der Waals surface area contributed by atoms with Gasteiger partial charge in [0.2, 0.25) is 5.13 Å². The molecule has 6 nitrogen and oxygen atoms in total. The van der Waals surface area contributed by atoms with Crippen LogP contribution >= 0.6 is 45.7 Å². The summed E-state index contributed by atoms with van der Waals surface area (Å²) in [6.07, 6.45) is 0. The van der Waals surface area contributed by atoms with E-state index in [-0.39, 0.29) is 11.7 Å². The second kappa shape index (κ2) is 6.99. The fourth-order valence-corrected chi connectivity index (χ4v) is 3.25. The monoisotopic (exact) mass is 421 g/mol. The highest BCUT2D eigenvalue weighted by atomic mass is 127. The molecule has 2 rings (SSSR count). The number of carboxylic acid groups (broad SMARTS) is 1. The van der Waals surface area contributed by atoms with Crippen molar-refractivity contribution >= 4 is 62.7 Å². The van der Waals surface area contributed by atoms with Gasteiger partial charge in [0.15, 0.2) is 4.34 Å². The molecule has 0 unspecified atom stereocenters. The number of thioether (sulfide) groups is 1. The van der Waals surface area contributed by atoms with Crippen LogP contribution in [0.5, 0.6) is 0 Å². The number of anilines is 1. The predicted octanol–water partition coefficient (Wildman–Crippen LogP) is 2.57. The zero-order valence-corrected chi connectivity index (χ0v) is 13.7. The first-order valence-electron chi connectivity index (χ1n) is 5.29. The maximum absolute atomic E-state index is 12.0. The van der Waals surface area contributed by atoms with Gasteiger partial charge in [0, 0.05) is 9.13 Å². The van der Waals surface area contributed by atoms with E-state index in [0.29, 0.717) is 15.0 Å². The van der Waals surface area contributed by atoms with Crippen molar-refractivity contribution in [3.8, 4) is 0 Å². The van der Waals surface area contributed by atoms with Gasteiger partial charge in [-0.15, -0.1) is 10.2 Å². The van der Waals surface area contributed by atoms with Crippen LogP contribution in [0.15, 0.2) is 28.6 Å². The molecule has 20 heavy (non-hydrogen) atoms. The van der Waals surface area contributed by atoms with Gasteiger partial charge in [0.25, 0.3) is 5.91 Å². The van der Waals surface area contributed by atoms with Gasteiger partial charge in [0.05, 0.1) is 5.75 Å². The van der Waals surface area contributed by atoms with Crippen LogP contribution in [0.1, 0.15) is 10.4 Å². The van der Waals surface area contributed by atoms with Gasteiger partial charge >= 0.3 is 5.97 Å². The number of carbonyl (C=O) groups is 2. The molecule has 0 fully saturated rings. The zero-order chi connectivity index (χ0) is 14.5. The Morgan fingerprint density at radius 1 is 1.40 bits per heavy atom. The number of hydrogen-bond acceptors (Lipinski definition) is 6. The van der Waals surface area contributed by atoms with Crippen molar-refractivity contribution in [3.63, 3.8) is 0 Å². The molecule has 0 aliphatic carbocycles. The fourth-order valence-electron chi connectivity index (χ4n) is 1.24. The number of nitrogens with zero attached hydrogens (tertiary/aromatic N) is 2. The largest absolute Gasteiger partial charge is 0.481 e. The Morgan fingerprint density at radius 3 is 2.90 bits per heavy atom. The third-order valence-electron chi connectivity index (χ3n) is 2.03. The van der Waals surface area contributed by atoms with Crippen LogP contribution in [0.25, 0.3) is 0 Å². The van der Waals surface area contributed by atoms with Gasteiger partial charge in [0.1, 0.15) is 0 Å². The van der Waals surface area contributed by atoms with E-state index in [0.717, 1.165) is 26.7 Å². The Balaban J connectivity index is 1.99. The third-order valence-corrected chi connectivity index (χ3v) is 4.66. The fraction of sp³-hybridized carbons (Fsp3) is 0.0909. The number of amides is 1. The van der Waals surface area contributed by atoms with Gasteiger partial charge in [-0.05, 0) is 40.8 Å². The van der Waals surface area contributed by atoms with Crippen molar-refractivity contribution in [1.82, 2.24) is 10.2 Å². The molecule has 1 heterocycles. The molecule has 104 valence electrons. The molecule has 1 aromatic heterocycles. The van der Waals surface area contributed by atoms with E-state index < -0.39 is 5.97 Å². The molecular formula is C11H8IN3O3S2. The molecule has 0 bridgehead atoms. The smallest absolute Gasteiger partial charge is 0.313 e. The predicted molar refractivity (Wildman–Crippen MR) is 85.4 cm³/mol. The Morgan fingerprint density at radius 2 is 2.20 bits per heavy atom. The van der Waals surface area contributed by atoms with Crippen molar-refractivity contribution in [3.05, 3.63) is 33.4 Å². The van der Waals surface area contributed by atoms with Gasteiger partial charge in [-0.1, -0.05) is 29.2 Å². The summed E-state index contributed by atoms with van der Waals surface area (Å²) in [4.78, 5) is 22.4. The molecule has 0 atom stereocenters. The molecule has 2 aromatic rings. The quantitative estimate of drug-likeness (QED) is 0.438. The molecule has 0 spiro atoms. The normalized spacial score (nSPS) is 10.2. The summed E-state index contributed by atoms with van der Waals surface area (Å²) < 4.78 is 1.47. The second-order valence-corrected chi connectivity index (χ2v) is 6.97. The maximum atomic E-state index is 12.0. The summed E-state index contributed by atoms with van der Waals surface area (Å²) in [5.74, 6) is -1.27. The number of rotatable bonds is 5. The molecule has 0 aliphatic heterocycles. The zero-order valence-electron chi connectivity index (χ0n) is 9.87. The average molecular weight is 421 g/mol. The molecule has 0 aliphatic rings. The van der Waals surface area contributed by atoms with Crippen molar-refractivity contribution < 1.29 is 14.7 Å². The minimum Gasteiger partial charge on any atom is -0.481 e. The van der Waals surface area contributed by atoms with Crippen LogP contribution in [-0.4, -0.2) is 32.9 Å². The minimum absolute atomic E-state index is 0.0839. The van der Waals surface area contributed by atoms with Crippen LogP contribution in [-0.2, 0) is 4.79 Å². The van der Waals surface area contributed by atoms with Crippen LogP contribution in [0.3, 0.4) is 0 Å². The van der Waals surface area contributed by atoms with Crippen molar-refractivity contribution in [2.24, 2.45) is 0 Å². The summed E-state index contributed by atoms with van der Waals surface area (Å²) in [7, 11) is 0. The topological polar surface area (TPSA) is 92.2 Å². The number of hydrogen-bond donors (Lipinski definition) is 2. The molecule has 9 heteroatoms. The lowest BCUT2D eigenvalue weighted by Gasteiger charge is -2.01. The lowest BCUT2D eigenvalue weighted by atomic mass is 10.2. The number of benzene rings is 1. The Hall–Kier alpha value is -1.20. The highest BCUT2D eigenvalue weighted by molar-refractivity contribution is 14.1. The number of nitrogens with one attached hydrogen (secondary N) is 1. The lowest BCUT2D eigenvalue weighted by Crippen LogP contribution is -2.11. The van der Waals surface area contributed by atoms with E-state index in [1.54, 1.807) is 18.2 Å². The number of carbonyl (C=O) groups excluding carboxylic acids is 1. The first kappa shape index (κ1) is 15.2. The number of aromatic nitrogens is 2. The van der Waals surface area contributed by atoms with Crippen molar-refractivity contribution in [2.75, 3.05) is 11.1 Å². The Labute approximate surface area is 136 Å². The molecule has 1 aromatic carbocycles. The first-order valence-corrected chi connectivity index (χ1v) is 8.17. The van der Waals surface area contributed by atoms with Crippen LogP contribution < -0.4 is 5.32 Å². The number of carboxylic acids is 1. The molecule has 2 N–H and O–H groups in total. The van der Waals surface area contributed by atoms with E-state index in [1.165, 1.54) is 0 Å². The highest BCUT2D eigenvalue weighted by Crippen LogP contribution is 2.25. The summed E-state index contributed by atoms with van der Waals surface area (Å²) in [5.41, 5.74) is 0.534. The van der Waals surface area contributed by atoms with Crippen LogP contribution in [0.2, 0.25) is 0 Å². The Kier molecular flexibility index (Phi) is 5.31. The first-order chi connectivity index (χ1) is 9.54. The maximum Gasteiger partial charge on any atom is 0.313 e. The molecule has 0 saturated carbocycles. The minimum atomic E-state index is -0.922. The molecular weight excluding hydrogens is 413 g/mol.